The van der Waals surface area contributed by atoms with Gasteiger partial charge in [-0.2, -0.15) is 0 Å². The molecular formula is C29H35NO. The fraction of sp³-hybridized carbons (Fsp3) is 0.310. The number of benzene rings is 3. The summed E-state index contributed by atoms with van der Waals surface area (Å²) in [5.41, 5.74) is 6.63. The normalized spacial score (nSPS) is 13.1. The van der Waals surface area contributed by atoms with Crippen LogP contribution in [0.2, 0.25) is 0 Å². The lowest BCUT2D eigenvalue weighted by Gasteiger charge is -2.27. The molecule has 3 aromatic rings. The topological polar surface area (TPSA) is 12.5 Å². The van der Waals surface area contributed by atoms with E-state index in [1.165, 1.54) is 27.8 Å². The van der Waals surface area contributed by atoms with Gasteiger partial charge in [0.15, 0.2) is 0 Å². The Morgan fingerprint density at radius 2 is 1.29 bits per heavy atom. The molecule has 3 rings (SSSR count). The van der Waals surface area contributed by atoms with Crippen LogP contribution < -0.4 is 4.74 Å². The van der Waals surface area contributed by atoms with Crippen molar-refractivity contribution >= 4 is 5.57 Å². The average molecular weight is 414 g/mol. The second-order valence-corrected chi connectivity index (χ2v) is 7.82. The molecule has 0 fully saturated rings. The van der Waals surface area contributed by atoms with Crippen LogP contribution in [-0.2, 0) is 6.42 Å². The van der Waals surface area contributed by atoms with Crippen LogP contribution in [-0.4, -0.2) is 24.2 Å². The second-order valence-electron chi connectivity index (χ2n) is 7.82. The van der Waals surface area contributed by atoms with Crippen LogP contribution in [0.25, 0.3) is 5.57 Å². The molecule has 1 unspecified atom stereocenters. The zero-order valence-corrected chi connectivity index (χ0v) is 19.3. The third-order valence-corrected chi connectivity index (χ3v) is 5.88. The van der Waals surface area contributed by atoms with Gasteiger partial charge in [-0.3, -0.25) is 4.90 Å². The van der Waals surface area contributed by atoms with E-state index in [2.05, 4.69) is 118 Å². The Kier molecular flexibility index (Phi) is 8.49. The molecule has 2 heteroatoms. The van der Waals surface area contributed by atoms with Crippen LogP contribution in [0.4, 0.5) is 0 Å². The minimum atomic E-state index is 0.0641. The van der Waals surface area contributed by atoms with Crippen molar-refractivity contribution < 1.29 is 4.74 Å². The highest BCUT2D eigenvalue weighted by Crippen LogP contribution is 2.31. The van der Waals surface area contributed by atoms with Crippen molar-refractivity contribution in [3.63, 3.8) is 0 Å². The van der Waals surface area contributed by atoms with Gasteiger partial charge < -0.3 is 4.74 Å². The van der Waals surface area contributed by atoms with Gasteiger partial charge in [-0.05, 0) is 67.3 Å². The minimum Gasteiger partial charge on any atom is -0.475 e. The first-order chi connectivity index (χ1) is 15.2. The van der Waals surface area contributed by atoms with E-state index < -0.39 is 0 Å². The van der Waals surface area contributed by atoms with E-state index in [9.17, 15) is 0 Å². The number of nitrogens with zero attached hydrogens (tertiary/aromatic N) is 1. The molecule has 3 aromatic carbocycles. The Labute approximate surface area is 188 Å². The number of hydrogen-bond acceptors (Lipinski definition) is 2. The van der Waals surface area contributed by atoms with Crippen LogP contribution in [0.3, 0.4) is 0 Å². The highest BCUT2D eigenvalue weighted by Gasteiger charge is 2.14. The molecule has 162 valence electrons. The zero-order chi connectivity index (χ0) is 22.1. The number of rotatable bonds is 10. The van der Waals surface area contributed by atoms with E-state index in [0.29, 0.717) is 0 Å². The molecule has 0 bridgehead atoms. The first-order valence-electron chi connectivity index (χ1n) is 11.5. The lowest BCUT2D eigenvalue weighted by atomic mass is 9.88. The summed E-state index contributed by atoms with van der Waals surface area (Å²) in [6.07, 6.45) is 2.03. The molecule has 1 atom stereocenters. The van der Waals surface area contributed by atoms with Crippen LogP contribution in [0, 0.1) is 0 Å². The lowest BCUT2D eigenvalue weighted by Crippen LogP contribution is -2.36. The molecule has 0 saturated heterocycles. The molecule has 0 heterocycles. The molecular weight excluding hydrogens is 378 g/mol. The summed E-state index contributed by atoms with van der Waals surface area (Å²) in [4.78, 5) is 2.30. The first-order valence-corrected chi connectivity index (χ1v) is 11.5. The zero-order valence-electron chi connectivity index (χ0n) is 19.3. The molecule has 0 aliphatic carbocycles. The molecule has 0 radical (unpaired) electrons. The van der Waals surface area contributed by atoms with Crippen molar-refractivity contribution in [3.8, 4) is 5.75 Å². The van der Waals surface area contributed by atoms with Crippen LogP contribution in [0.15, 0.2) is 90.5 Å². The number of hydrogen-bond donors (Lipinski definition) is 0. The van der Waals surface area contributed by atoms with Gasteiger partial charge in [-0.25, -0.2) is 0 Å². The van der Waals surface area contributed by atoms with Crippen molar-refractivity contribution in [1.29, 1.82) is 0 Å². The Morgan fingerprint density at radius 1 is 0.742 bits per heavy atom. The van der Waals surface area contributed by atoms with Gasteiger partial charge in [0.25, 0.3) is 0 Å². The second kappa shape index (κ2) is 11.5. The fourth-order valence-electron chi connectivity index (χ4n) is 4.12. The van der Waals surface area contributed by atoms with E-state index in [4.69, 9.17) is 4.74 Å². The molecule has 2 nitrogen and oxygen atoms in total. The van der Waals surface area contributed by atoms with E-state index in [-0.39, 0.29) is 6.23 Å². The highest BCUT2D eigenvalue weighted by molar-refractivity contribution is 5.82. The molecule has 31 heavy (non-hydrogen) atoms. The Balaban J connectivity index is 1.95. The predicted molar refractivity (Wildman–Crippen MR) is 132 cm³/mol. The molecule has 0 amide bonds. The average Bonchev–Trinajstić information content (AvgIpc) is 2.82. The summed E-state index contributed by atoms with van der Waals surface area (Å²) in [5, 5.41) is 0. The number of allylic oxidation sites excluding steroid dienone is 1. The Bertz CT molecular complexity index is 941. The first kappa shape index (κ1) is 22.8. The van der Waals surface area contributed by atoms with E-state index in [0.717, 1.165) is 31.7 Å². The standard InChI is InChI=1S/C29H35NO/c1-5-25(22-24-14-10-8-11-15-24)29(26-16-12-9-13-17-26)27-18-20-28(21-19-27)31-23(4)30(6-2)7-3/h8-21,23H,5-7,22H2,1-4H3/b29-25-. The van der Waals surface area contributed by atoms with E-state index >= 15 is 0 Å². The van der Waals surface area contributed by atoms with Gasteiger partial charge in [0.1, 0.15) is 12.0 Å². The maximum Gasteiger partial charge on any atom is 0.149 e. The molecule has 0 saturated carbocycles. The summed E-state index contributed by atoms with van der Waals surface area (Å²) in [6, 6.07) is 30.1. The highest BCUT2D eigenvalue weighted by atomic mass is 16.5. The Morgan fingerprint density at radius 3 is 1.84 bits per heavy atom. The van der Waals surface area contributed by atoms with Gasteiger partial charge in [-0.15, -0.1) is 0 Å². The van der Waals surface area contributed by atoms with Gasteiger partial charge >= 0.3 is 0 Å². The van der Waals surface area contributed by atoms with Crippen molar-refractivity contribution in [2.75, 3.05) is 13.1 Å². The summed E-state index contributed by atoms with van der Waals surface area (Å²) >= 11 is 0. The SMILES string of the molecule is CC/C(Cc1ccccc1)=C(\c1ccccc1)c1ccc(OC(C)N(CC)CC)cc1. The maximum atomic E-state index is 6.19. The minimum absolute atomic E-state index is 0.0641. The number of ether oxygens (including phenoxy) is 1. The van der Waals surface area contributed by atoms with Gasteiger partial charge in [-0.1, -0.05) is 99.1 Å². The smallest absolute Gasteiger partial charge is 0.149 e. The quantitative estimate of drug-likeness (QED) is 0.326. The summed E-state index contributed by atoms with van der Waals surface area (Å²) in [5.74, 6) is 0.914. The largest absolute Gasteiger partial charge is 0.475 e. The van der Waals surface area contributed by atoms with Crippen LogP contribution in [0.1, 0.15) is 50.8 Å². The lowest BCUT2D eigenvalue weighted by molar-refractivity contribution is 0.0481. The van der Waals surface area contributed by atoms with Crippen molar-refractivity contribution in [2.24, 2.45) is 0 Å². The van der Waals surface area contributed by atoms with Crippen molar-refractivity contribution in [2.45, 2.75) is 46.8 Å². The monoisotopic (exact) mass is 413 g/mol. The summed E-state index contributed by atoms with van der Waals surface area (Å²) in [7, 11) is 0. The third-order valence-electron chi connectivity index (χ3n) is 5.88. The summed E-state index contributed by atoms with van der Waals surface area (Å²) < 4.78 is 6.19. The van der Waals surface area contributed by atoms with Gasteiger partial charge in [0, 0.05) is 0 Å². The van der Waals surface area contributed by atoms with Gasteiger partial charge in [0.05, 0.1) is 0 Å². The van der Waals surface area contributed by atoms with Crippen molar-refractivity contribution in [3.05, 3.63) is 107 Å². The van der Waals surface area contributed by atoms with Crippen LogP contribution >= 0.6 is 0 Å². The molecule has 0 spiro atoms. The predicted octanol–water partition coefficient (Wildman–Crippen LogP) is 7.21. The van der Waals surface area contributed by atoms with Crippen molar-refractivity contribution in [1.82, 2.24) is 4.90 Å². The third kappa shape index (κ3) is 6.08. The molecule has 0 aliphatic heterocycles. The molecule has 0 N–H and O–H groups in total. The molecule has 0 aliphatic rings. The summed E-state index contributed by atoms with van der Waals surface area (Å²) in [6.45, 7) is 10.7. The van der Waals surface area contributed by atoms with Crippen LogP contribution in [0.5, 0.6) is 5.75 Å². The van der Waals surface area contributed by atoms with E-state index in [1.54, 1.807) is 0 Å². The van der Waals surface area contributed by atoms with E-state index in [1.807, 2.05) is 0 Å². The van der Waals surface area contributed by atoms with Gasteiger partial charge in [0.2, 0.25) is 0 Å². The maximum absolute atomic E-state index is 6.19. The Hall–Kier alpha value is -2.84. The fourth-order valence-corrected chi connectivity index (χ4v) is 4.12. The molecule has 0 aromatic heterocycles.